The van der Waals surface area contributed by atoms with Gasteiger partial charge in [0.15, 0.2) is 0 Å². The smallest absolute Gasteiger partial charge is 0.247 e. The van der Waals surface area contributed by atoms with Gasteiger partial charge in [0, 0.05) is 26.1 Å². The van der Waals surface area contributed by atoms with Crippen molar-refractivity contribution in [2.45, 2.75) is 52.2 Å². The zero-order chi connectivity index (χ0) is 14.0. The van der Waals surface area contributed by atoms with E-state index >= 15 is 0 Å². The van der Waals surface area contributed by atoms with E-state index in [1.165, 1.54) is 0 Å². The molecule has 0 aromatic rings. The van der Waals surface area contributed by atoms with Gasteiger partial charge in [-0.05, 0) is 34.6 Å². The van der Waals surface area contributed by atoms with Crippen LogP contribution in [0.1, 0.15) is 41.0 Å². The summed E-state index contributed by atoms with van der Waals surface area (Å²) < 4.78 is 5.62. The number of hydrogen-bond donors (Lipinski definition) is 1. The van der Waals surface area contributed by atoms with Crippen molar-refractivity contribution in [1.29, 1.82) is 0 Å². The first-order valence-electron chi connectivity index (χ1n) is 6.42. The minimum Gasteiger partial charge on any atom is -0.374 e. The quantitative estimate of drug-likeness (QED) is 0.814. The van der Waals surface area contributed by atoms with Crippen molar-refractivity contribution in [3.8, 4) is 0 Å². The Kier molecular flexibility index (Phi) is 4.37. The molecule has 1 aliphatic rings. The highest BCUT2D eigenvalue weighted by Gasteiger charge is 2.38. The van der Waals surface area contributed by atoms with Crippen LogP contribution < -0.4 is 5.32 Å². The maximum absolute atomic E-state index is 12.4. The van der Waals surface area contributed by atoms with Crippen LogP contribution in [-0.4, -0.2) is 47.6 Å². The Morgan fingerprint density at radius 1 is 1.39 bits per heavy atom. The average molecular weight is 256 g/mol. The molecule has 5 heteroatoms. The van der Waals surface area contributed by atoms with E-state index in [-0.39, 0.29) is 11.8 Å². The highest BCUT2D eigenvalue weighted by molar-refractivity contribution is 5.92. The third-order valence-electron chi connectivity index (χ3n) is 2.99. The molecule has 0 spiro atoms. The fourth-order valence-electron chi connectivity index (χ4n) is 2.24. The molecule has 0 radical (unpaired) electrons. The van der Waals surface area contributed by atoms with Crippen molar-refractivity contribution < 1.29 is 14.3 Å². The number of carbonyl (C=O) groups is 2. The highest BCUT2D eigenvalue weighted by atomic mass is 16.5. The van der Waals surface area contributed by atoms with Crippen molar-refractivity contribution in [3.63, 3.8) is 0 Å². The van der Waals surface area contributed by atoms with E-state index in [9.17, 15) is 9.59 Å². The monoisotopic (exact) mass is 256 g/mol. The van der Waals surface area contributed by atoms with E-state index in [0.29, 0.717) is 26.1 Å². The fourth-order valence-corrected chi connectivity index (χ4v) is 2.24. The van der Waals surface area contributed by atoms with Crippen molar-refractivity contribution in [1.82, 2.24) is 10.2 Å². The fraction of sp³-hybridized carbons (Fsp3) is 0.846. The largest absolute Gasteiger partial charge is 0.374 e. The van der Waals surface area contributed by atoms with Gasteiger partial charge >= 0.3 is 0 Å². The lowest BCUT2D eigenvalue weighted by atomic mass is 10.0. The van der Waals surface area contributed by atoms with Gasteiger partial charge in [-0.1, -0.05) is 0 Å². The molecule has 0 unspecified atom stereocenters. The van der Waals surface area contributed by atoms with Crippen LogP contribution in [0.5, 0.6) is 0 Å². The first kappa shape index (κ1) is 15.0. The normalized spacial score (nSPS) is 20.6. The standard InChI is InChI=1S/C13H24N2O3/c1-6-18-12(2,3)9-15-8-7-10(16)14-13(4,5)11(15)17/h6-9H2,1-5H3,(H,14,16). The Morgan fingerprint density at radius 3 is 2.56 bits per heavy atom. The van der Waals surface area contributed by atoms with Gasteiger partial charge < -0.3 is 15.0 Å². The molecule has 2 amide bonds. The Morgan fingerprint density at radius 2 is 2.00 bits per heavy atom. The second-order valence-electron chi connectivity index (χ2n) is 5.84. The zero-order valence-electron chi connectivity index (χ0n) is 12.0. The second-order valence-corrected chi connectivity index (χ2v) is 5.84. The molecule has 1 fully saturated rings. The topological polar surface area (TPSA) is 58.6 Å². The summed E-state index contributed by atoms with van der Waals surface area (Å²) >= 11 is 0. The molecule has 0 aliphatic carbocycles. The maximum Gasteiger partial charge on any atom is 0.247 e. The molecule has 1 heterocycles. The lowest BCUT2D eigenvalue weighted by Gasteiger charge is -2.35. The number of rotatable bonds is 4. The van der Waals surface area contributed by atoms with Crippen LogP contribution in [0.25, 0.3) is 0 Å². The molecular formula is C13H24N2O3. The molecule has 0 aromatic carbocycles. The van der Waals surface area contributed by atoms with E-state index in [1.807, 2.05) is 20.8 Å². The lowest BCUT2D eigenvalue weighted by Crippen LogP contribution is -2.55. The molecule has 1 N–H and O–H groups in total. The van der Waals surface area contributed by atoms with Crippen LogP contribution in [0.2, 0.25) is 0 Å². The second kappa shape index (κ2) is 5.26. The molecule has 104 valence electrons. The minimum absolute atomic E-state index is 0.0545. The molecule has 1 saturated heterocycles. The molecule has 1 aliphatic heterocycles. The highest BCUT2D eigenvalue weighted by Crippen LogP contribution is 2.18. The van der Waals surface area contributed by atoms with Gasteiger partial charge in [-0.25, -0.2) is 0 Å². The third-order valence-corrected chi connectivity index (χ3v) is 2.99. The Balaban J connectivity index is 2.81. The summed E-state index contributed by atoms with van der Waals surface area (Å²) in [5, 5.41) is 2.74. The molecule has 0 atom stereocenters. The summed E-state index contributed by atoms with van der Waals surface area (Å²) in [5.74, 6) is -0.133. The van der Waals surface area contributed by atoms with Crippen molar-refractivity contribution >= 4 is 11.8 Å². The molecular weight excluding hydrogens is 232 g/mol. The summed E-state index contributed by atoms with van der Waals surface area (Å²) in [6, 6.07) is 0. The first-order chi connectivity index (χ1) is 8.18. The van der Waals surface area contributed by atoms with Crippen LogP contribution in [-0.2, 0) is 14.3 Å². The van der Waals surface area contributed by atoms with Gasteiger partial charge in [0.05, 0.1) is 5.60 Å². The van der Waals surface area contributed by atoms with Crippen molar-refractivity contribution in [2.75, 3.05) is 19.7 Å². The van der Waals surface area contributed by atoms with Crippen LogP contribution in [0.15, 0.2) is 0 Å². The Bertz CT molecular complexity index is 337. The van der Waals surface area contributed by atoms with E-state index in [2.05, 4.69) is 5.32 Å². The number of amides is 2. The summed E-state index contributed by atoms with van der Waals surface area (Å²) in [6.45, 7) is 10.9. The number of hydrogen-bond acceptors (Lipinski definition) is 3. The Hall–Kier alpha value is -1.10. The van der Waals surface area contributed by atoms with E-state index < -0.39 is 11.1 Å². The number of nitrogens with zero attached hydrogens (tertiary/aromatic N) is 1. The van der Waals surface area contributed by atoms with Crippen LogP contribution >= 0.6 is 0 Å². The van der Waals surface area contributed by atoms with E-state index in [4.69, 9.17) is 4.74 Å². The summed E-state index contributed by atoms with van der Waals surface area (Å²) in [5.41, 5.74) is -1.23. The lowest BCUT2D eigenvalue weighted by molar-refractivity contribution is -0.141. The van der Waals surface area contributed by atoms with Gasteiger partial charge in [-0.15, -0.1) is 0 Å². The van der Waals surface area contributed by atoms with Gasteiger partial charge in [0.2, 0.25) is 11.8 Å². The molecule has 1 rings (SSSR count). The predicted octanol–water partition coefficient (Wildman–Crippen LogP) is 0.929. The zero-order valence-corrected chi connectivity index (χ0v) is 12.0. The molecule has 0 bridgehead atoms. The summed E-state index contributed by atoms with van der Waals surface area (Å²) in [6.07, 6.45) is 0.345. The van der Waals surface area contributed by atoms with Crippen LogP contribution in [0, 0.1) is 0 Å². The first-order valence-corrected chi connectivity index (χ1v) is 6.42. The summed E-state index contributed by atoms with van der Waals surface area (Å²) in [4.78, 5) is 25.6. The van der Waals surface area contributed by atoms with E-state index in [0.717, 1.165) is 0 Å². The SMILES string of the molecule is CCOC(C)(C)CN1CCC(=O)NC(C)(C)C1=O. The third kappa shape index (κ3) is 3.70. The number of carbonyl (C=O) groups excluding carboxylic acids is 2. The van der Waals surface area contributed by atoms with Gasteiger partial charge in [0.1, 0.15) is 5.54 Å². The average Bonchev–Trinajstić information content (AvgIpc) is 2.29. The minimum atomic E-state index is -0.837. The summed E-state index contributed by atoms with van der Waals surface area (Å²) in [7, 11) is 0. The molecule has 0 aromatic heterocycles. The van der Waals surface area contributed by atoms with Crippen molar-refractivity contribution in [2.24, 2.45) is 0 Å². The predicted molar refractivity (Wildman–Crippen MR) is 69.1 cm³/mol. The molecule has 5 nitrogen and oxygen atoms in total. The molecule has 18 heavy (non-hydrogen) atoms. The van der Waals surface area contributed by atoms with Gasteiger partial charge in [-0.2, -0.15) is 0 Å². The molecule has 0 saturated carbocycles. The van der Waals surface area contributed by atoms with Crippen LogP contribution in [0.3, 0.4) is 0 Å². The van der Waals surface area contributed by atoms with Crippen LogP contribution in [0.4, 0.5) is 0 Å². The van der Waals surface area contributed by atoms with Gasteiger partial charge in [-0.3, -0.25) is 9.59 Å². The maximum atomic E-state index is 12.4. The van der Waals surface area contributed by atoms with Crippen molar-refractivity contribution in [3.05, 3.63) is 0 Å². The number of nitrogens with one attached hydrogen (secondary N) is 1. The van der Waals surface area contributed by atoms with E-state index in [1.54, 1.807) is 18.7 Å². The van der Waals surface area contributed by atoms with Gasteiger partial charge in [0.25, 0.3) is 0 Å². The Labute approximate surface area is 109 Å². The number of ether oxygens (including phenoxy) is 1.